The second kappa shape index (κ2) is 6.97. The van der Waals surface area contributed by atoms with Crippen molar-refractivity contribution in [3.05, 3.63) is 22.4 Å². The predicted molar refractivity (Wildman–Crippen MR) is 88.4 cm³/mol. The summed E-state index contributed by atoms with van der Waals surface area (Å²) in [5.74, 6) is 0.876. The second-order valence-corrected chi connectivity index (χ2v) is 7.28. The summed E-state index contributed by atoms with van der Waals surface area (Å²) in [5, 5.41) is 3.92. The molecule has 1 saturated heterocycles. The molecule has 0 spiro atoms. The lowest BCUT2D eigenvalue weighted by Crippen LogP contribution is -2.38. The number of rotatable bonds is 6. The first kappa shape index (κ1) is 15.8. The maximum Gasteiger partial charge on any atom is 0.204 e. The van der Waals surface area contributed by atoms with Gasteiger partial charge < -0.3 is 4.90 Å². The van der Waals surface area contributed by atoms with Crippen LogP contribution in [0.25, 0.3) is 0 Å². The molecule has 2 aromatic rings. The van der Waals surface area contributed by atoms with Gasteiger partial charge in [-0.15, -0.1) is 11.3 Å². The summed E-state index contributed by atoms with van der Waals surface area (Å²) >= 11 is 3.04. The molecule has 0 radical (unpaired) electrons. The quantitative estimate of drug-likeness (QED) is 0.808. The molecule has 3 heterocycles. The van der Waals surface area contributed by atoms with Crippen LogP contribution in [0.2, 0.25) is 0 Å². The fourth-order valence-corrected chi connectivity index (χ4v) is 4.11. The summed E-state index contributed by atoms with van der Waals surface area (Å²) in [6, 6.07) is 0.192. The number of halogens is 1. The minimum absolute atomic E-state index is 0.192. The lowest BCUT2D eigenvalue weighted by atomic mass is 10.2. The zero-order valence-corrected chi connectivity index (χ0v) is 14.4. The number of aromatic nitrogens is 3. The minimum Gasteiger partial charge on any atom is -0.348 e. The van der Waals surface area contributed by atoms with Crippen LogP contribution in [0.5, 0.6) is 0 Å². The summed E-state index contributed by atoms with van der Waals surface area (Å²) in [5.41, 5.74) is 0. The number of alkyl halides is 1. The number of aryl methyl sites for hydroxylation is 1. The van der Waals surface area contributed by atoms with Crippen LogP contribution in [-0.2, 0) is 13.0 Å². The average molecular weight is 341 g/mol. The fraction of sp³-hybridized carbons (Fsp3) is 0.643. The molecule has 1 fully saturated rings. The zero-order valence-electron chi connectivity index (χ0n) is 12.8. The summed E-state index contributed by atoms with van der Waals surface area (Å²) in [6.07, 6.45) is 2.47. The first-order chi connectivity index (χ1) is 10.7. The Balaban J connectivity index is 1.63. The monoisotopic (exact) mass is 341 g/mol. The third-order valence-electron chi connectivity index (χ3n) is 3.88. The molecule has 2 aromatic heterocycles. The molecular formula is C14H20FN5S2. The van der Waals surface area contributed by atoms with Crippen molar-refractivity contribution in [2.75, 3.05) is 25.0 Å². The number of likely N-dealkylation sites (N-methyl/N-ethyl adjacent to an activating group) is 1. The normalized spacial score (nSPS) is 22.3. The highest BCUT2D eigenvalue weighted by Crippen LogP contribution is 2.26. The van der Waals surface area contributed by atoms with Gasteiger partial charge in [0.05, 0.1) is 6.54 Å². The molecule has 1 aliphatic heterocycles. The Morgan fingerprint density at radius 3 is 3.05 bits per heavy atom. The average Bonchev–Trinajstić information content (AvgIpc) is 3.21. The van der Waals surface area contributed by atoms with Crippen LogP contribution >= 0.6 is 22.9 Å². The third kappa shape index (κ3) is 3.61. The van der Waals surface area contributed by atoms with Gasteiger partial charge in [-0.1, -0.05) is 6.92 Å². The number of nitrogens with zero attached hydrogens (tertiary/aromatic N) is 5. The first-order valence-electron chi connectivity index (χ1n) is 7.46. The third-order valence-corrected chi connectivity index (χ3v) is 5.52. The highest BCUT2D eigenvalue weighted by Gasteiger charge is 2.33. The molecule has 0 aromatic carbocycles. The van der Waals surface area contributed by atoms with Crippen LogP contribution in [0.1, 0.15) is 24.2 Å². The van der Waals surface area contributed by atoms with E-state index in [0.717, 1.165) is 35.5 Å². The zero-order chi connectivity index (χ0) is 15.5. The van der Waals surface area contributed by atoms with E-state index in [2.05, 4.69) is 24.1 Å². The second-order valence-electron chi connectivity index (χ2n) is 5.57. The molecule has 8 heteroatoms. The van der Waals surface area contributed by atoms with Gasteiger partial charge in [0, 0.05) is 55.7 Å². The van der Waals surface area contributed by atoms with Crippen LogP contribution in [0.15, 0.2) is 11.6 Å². The van der Waals surface area contributed by atoms with Gasteiger partial charge in [0.1, 0.15) is 17.0 Å². The number of hydrogen-bond acceptors (Lipinski definition) is 7. The fourth-order valence-electron chi connectivity index (χ4n) is 2.75. The SMILES string of the molecule is CCc1nsc(N(C)C[C@@H]2C[C@H](F)CN2Cc2nccs2)n1. The summed E-state index contributed by atoms with van der Waals surface area (Å²) < 4.78 is 18.2. The highest BCUT2D eigenvalue weighted by molar-refractivity contribution is 7.09. The lowest BCUT2D eigenvalue weighted by Gasteiger charge is -2.27. The molecule has 5 nitrogen and oxygen atoms in total. The maximum absolute atomic E-state index is 13.9. The molecule has 120 valence electrons. The Bertz CT molecular complexity index is 588. The van der Waals surface area contributed by atoms with E-state index in [4.69, 9.17) is 0 Å². The molecule has 2 atom stereocenters. The molecule has 0 aliphatic carbocycles. The van der Waals surface area contributed by atoms with E-state index in [9.17, 15) is 4.39 Å². The van der Waals surface area contributed by atoms with Crippen molar-refractivity contribution in [2.45, 2.75) is 38.5 Å². The predicted octanol–water partition coefficient (Wildman–Crippen LogP) is 2.61. The van der Waals surface area contributed by atoms with E-state index < -0.39 is 6.17 Å². The summed E-state index contributed by atoms with van der Waals surface area (Å²) in [4.78, 5) is 13.1. The standard InChI is InChI=1S/C14H20FN5S2/c1-3-12-17-14(22-18-12)19(2)8-11-6-10(15)7-20(11)9-13-16-4-5-21-13/h4-5,10-11H,3,6-9H2,1-2H3/t10-,11-/m0/s1. The molecule has 22 heavy (non-hydrogen) atoms. The first-order valence-corrected chi connectivity index (χ1v) is 9.11. The van der Waals surface area contributed by atoms with Crippen molar-refractivity contribution in [3.63, 3.8) is 0 Å². The molecule has 0 bridgehead atoms. The molecular weight excluding hydrogens is 321 g/mol. The molecule has 0 amide bonds. The van der Waals surface area contributed by atoms with E-state index in [-0.39, 0.29) is 6.04 Å². The van der Waals surface area contributed by atoms with E-state index in [0.29, 0.717) is 13.0 Å². The number of anilines is 1. The van der Waals surface area contributed by atoms with Crippen molar-refractivity contribution in [2.24, 2.45) is 0 Å². The van der Waals surface area contributed by atoms with Gasteiger partial charge in [0.25, 0.3) is 0 Å². The molecule has 1 aliphatic rings. The maximum atomic E-state index is 13.9. The van der Waals surface area contributed by atoms with Crippen molar-refractivity contribution in [1.82, 2.24) is 19.2 Å². The Labute approximate surface area is 138 Å². The van der Waals surface area contributed by atoms with Gasteiger partial charge >= 0.3 is 0 Å². The van der Waals surface area contributed by atoms with Crippen molar-refractivity contribution in [1.29, 1.82) is 0 Å². The van der Waals surface area contributed by atoms with Gasteiger partial charge in [-0.3, -0.25) is 4.90 Å². The molecule has 0 saturated carbocycles. The Kier molecular flexibility index (Phi) is 5.00. The van der Waals surface area contributed by atoms with Crippen LogP contribution < -0.4 is 4.90 Å². The van der Waals surface area contributed by atoms with Crippen LogP contribution in [0.3, 0.4) is 0 Å². The number of hydrogen-bond donors (Lipinski definition) is 0. The Morgan fingerprint density at radius 2 is 2.36 bits per heavy atom. The Hall–Kier alpha value is -1.12. The largest absolute Gasteiger partial charge is 0.348 e. The van der Waals surface area contributed by atoms with Crippen molar-refractivity contribution >= 4 is 28.0 Å². The van der Waals surface area contributed by atoms with Crippen LogP contribution in [-0.4, -0.2) is 51.6 Å². The van der Waals surface area contributed by atoms with Crippen LogP contribution in [0, 0.1) is 0 Å². The molecule has 0 N–H and O–H groups in total. The van der Waals surface area contributed by atoms with E-state index in [1.54, 1.807) is 17.5 Å². The van der Waals surface area contributed by atoms with E-state index in [1.807, 2.05) is 19.4 Å². The van der Waals surface area contributed by atoms with Gasteiger partial charge in [-0.25, -0.2) is 14.4 Å². The van der Waals surface area contributed by atoms with Crippen LogP contribution in [0.4, 0.5) is 9.52 Å². The van der Waals surface area contributed by atoms with Gasteiger partial charge in [-0.05, 0) is 6.42 Å². The number of likely N-dealkylation sites (tertiary alicyclic amines) is 1. The van der Waals surface area contributed by atoms with Gasteiger partial charge in [0.15, 0.2) is 0 Å². The summed E-state index contributed by atoms with van der Waals surface area (Å²) in [6.45, 7) is 4.04. The van der Waals surface area contributed by atoms with E-state index in [1.165, 1.54) is 11.5 Å². The Morgan fingerprint density at radius 1 is 1.50 bits per heavy atom. The molecule has 0 unspecified atom stereocenters. The van der Waals surface area contributed by atoms with Crippen molar-refractivity contribution in [3.8, 4) is 0 Å². The van der Waals surface area contributed by atoms with Gasteiger partial charge in [-0.2, -0.15) is 4.37 Å². The highest BCUT2D eigenvalue weighted by atomic mass is 32.1. The lowest BCUT2D eigenvalue weighted by molar-refractivity contribution is 0.237. The topological polar surface area (TPSA) is 45.2 Å². The molecule has 3 rings (SSSR count). The minimum atomic E-state index is -0.751. The smallest absolute Gasteiger partial charge is 0.204 e. The number of thiazole rings is 1. The summed E-state index contributed by atoms with van der Waals surface area (Å²) in [7, 11) is 2.01. The van der Waals surface area contributed by atoms with Gasteiger partial charge in [0.2, 0.25) is 5.13 Å². The van der Waals surface area contributed by atoms with E-state index >= 15 is 0 Å². The van der Waals surface area contributed by atoms with Crippen molar-refractivity contribution < 1.29 is 4.39 Å².